The first-order valence-corrected chi connectivity index (χ1v) is 8.66. The van der Waals surface area contributed by atoms with Crippen molar-refractivity contribution >= 4 is 28.8 Å². The fourth-order valence-corrected chi connectivity index (χ4v) is 3.23. The molecule has 0 spiro atoms. The zero-order valence-electron chi connectivity index (χ0n) is 13.3. The number of hydrogen-bond acceptors (Lipinski definition) is 3. The molecule has 1 aliphatic rings. The summed E-state index contributed by atoms with van der Waals surface area (Å²) in [6.45, 7) is 2.10. The van der Waals surface area contributed by atoms with Crippen molar-refractivity contribution in [1.82, 2.24) is 4.90 Å². The Morgan fingerprint density at radius 2 is 2.04 bits per heavy atom. The normalized spacial score (nSPS) is 15.0. The third-order valence-corrected chi connectivity index (χ3v) is 5.22. The lowest BCUT2D eigenvalue weighted by Crippen LogP contribution is -2.36. The molecule has 2 aromatic rings. The van der Waals surface area contributed by atoms with E-state index in [0.717, 1.165) is 0 Å². The summed E-state index contributed by atoms with van der Waals surface area (Å²) in [5, 5.41) is 4.71. The van der Waals surface area contributed by atoms with E-state index in [-0.39, 0.29) is 17.9 Å². The molecule has 0 radical (unpaired) electrons. The van der Waals surface area contributed by atoms with Crippen molar-refractivity contribution in [3.05, 3.63) is 52.2 Å². The Morgan fingerprint density at radius 1 is 1.26 bits per heavy atom. The number of thiophene rings is 1. The first-order valence-electron chi connectivity index (χ1n) is 7.78. The van der Waals surface area contributed by atoms with E-state index in [1.807, 2.05) is 18.5 Å². The van der Waals surface area contributed by atoms with Gasteiger partial charge in [-0.15, -0.1) is 11.3 Å². The summed E-state index contributed by atoms with van der Waals surface area (Å²) >= 11 is 1.39. The van der Waals surface area contributed by atoms with E-state index in [1.165, 1.54) is 24.2 Å². The van der Waals surface area contributed by atoms with Gasteiger partial charge in [0.1, 0.15) is 0 Å². The van der Waals surface area contributed by atoms with Gasteiger partial charge in [0.05, 0.1) is 4.88 Å². The average molecular weight is 328 g/mol. The Kier molecular flexibility index (Phi) is 4.48. The summed E-state index contributed by atoms with van der Waals surface area (Å²) in [7, 11) is 1.85. The van der Waals surface area contributed by atoms with Gasteiger partial charge in [-0.3, -0.25) is 9.59 Å². The maximum Gasteiger partial charge on any atom is 0.265 e. The summed E-state index contributed by atoms with van der Waals surface area (Å²) in [4.78, 5) is 27.2. The molecule has 1 aromatic heterocycles. The number of nitrogens with zero attached hydrogens (tertiary/aromatic N) is 1. The highest BCUT2D eigenvalue weighted by Crippen LogP contribution is 2.35. The highest BCUT2D eigenvalue weighted by molar-refractivity contribution is 7.12. The van der Waals surface area contributed by atoms with Gasteiger partial charge in [-0.25, -0.2) is 0 Å². The second-order valence-corrected chi connectivity index (χ2v) is 6.95. The Balaban J connectivity index is 1.71. The predicted octanol–water partition coefficient (Wildman–Crippen LogP) is 3.87. The molecular formula is C18H20N2O2S. The van der Waals surface area contributed by atoms with Crippen LogP contribution in [-0.4, -0.2) is 29.8 Å². The molecule has 3 rings (SSSR count). The van der Waals surface area contributed by atoms with Crippen molar-refractivity contribution < 1.29 is 9.59 Å². The van der Waals surface area contributed by atoms with E-state index in [2.05, 4.69) is 12.2 Å². The fourth-order valence-electron chi connectivity index (χ4n) is 2.61. The van der Waals surface area contributed by atoms with Crippen molar-refractivity contribution in [2.24, 2.45) is 5.92 Å². The van der Waals surface area contributed by atoms with Crippen LogP contribution in [0.1, 0.15) is 39.8 Å². The zero-order chi connectivity index (χ0) is 16.4. The highest BCUT2D eigenvalue weighted by atomic mass is 32.1. The quantitative estimate of drug-likeness (QED) is 0.906. The number of nitrogens with one attached hydrogen (secondary N) is 1. The molecule has 1 heterocycles. The van der Waals surface area contributed by atoms with Crippen molar-refractivity contribution in [2.45, 2.75) is 25.8 Å². The van der Waals surface area contributed by atoms with E-state index in [4.69, 9.17) is 0 Å². The average Bonchev–Trinajstić information content (AvgIpc) is 3.26. The summed E-state index contributed by atoms with van der Waals surface area (Å²) in [6, 6.07) is 11.0. The molecule has 0 bridgehead atoms. The summed E-state index contributed by atoms with van der Waals surface area (Å²) in [5.74, 6) is 0.478. The van der Waals surface area contributed by atoms with E-state index in [1.54, 1.807) is 35.2 Å². The minimum atomic E-state index is -0.149. The molecule has 0 saturated heterocycles. The molecular weight excluding hydrogens is 308 g/mol. The van der Waals surface area contributed by atoms with Gasteiger partial charge in [-0.05, 0) is 55.3 Å². The molecule has 2 amide bonds. The number of anilines is 1. The van der Waals surface area contributed by atoms with Gasteiger partial charge in [0.15, 0.2) is 0 Å². The van der Waals surface area contributed by atoms with Crippen LogP contribution in [0.2, 0.25) is 0 Å². The lowest BCUT2D eigenvalue weighted by Gasteiger charge is -2.25. The molecule has 1 atom stereocenters. The molecule has 5 heteroatoms. The maximum absolute atomic E-state index is 12.6. The van der Waals surface area contributed by atoms with Crippen LogP contribution >= 0.6 is 11.3 Å². The van der Waals surface area contributed by atoms with Gasteiger partial charge >= 0.3 is 0 Å². The van der Waals surface area contributed by atoms with Gasteiger partial charge in [-0.2, -0.15) is 0 Å². The third-order valence-electron chi connectivity index (χ3n) is 4.35. The molecule has 23 heavy (non-hydrogen) atoms. The Morgan fingerprint density at radius 3 is 2.70 bits per heavy atom. The topological polar surface area (TPSA) is 49.4 Å². The van der Waals surface area contributed by atoms with Crippen LogP contribution in [0.15, 0.2) is 41.8 Å². The molecule has 120 valence electrons. The SMILES string of the molecule is C[C@H](C1CC1)N(C)C(=O)c1cccc(NC(=O)c2cccs2)c1. The highest BCUT2D eigenvalue weighted by Gasteiger charge is 2.32. The number of benzene rings is 1. The van der Waals surface area contributed by atoms with E-state index >= 15 is 0 Å². The summed E-state index contributed by atoms with van der Waals surface area (Å²) < 4.78 is 0. The van der Waals surface area contributed by atoms with E-state index < -0.39 is 0 Å². The van der Waals surface area contributed by atoms with Crippen LogP contribution in [0.5, 0.6) is 0 Å². The lowest BCUT2D eigenvalue weighted by atomic mass is 10.1. The molecule has 1 aliphatic carbocycles. The molecule has 1 fully saturated rings. The Bertz CT molecular complexity index is 708. The predicted molar refractivity (Wildman–Crippen MR) is 93.0 cm³/mol. The van der Waals surface area contributed by atoms with Crippen molar-refractivity contribution in [3.63, 3.8) is 0 Å². The Labute approximate surface area is 140 Å². The number of carbonyl (C=O) groups is 2. The first-order chi connectivity index (χ1) is 11.1. The van der Waals surface area contributed by atoms with Crippen LogP contribution < -0.4 is 5.32 Å². The van der Waals surface area contributed by atoms with Gasteiger partial charge < -0.3 is 10.2 Å². The first kappa shape index (κ1) is 15.7. The monoisotopic (exact) mass is 328 g/mol. The number of rotatable bonds is 5. The third kappa shape index (κ3) is 3.62. The molecule has 0 aliphatic heterocycles. The van der Waals surface area contributed by atoms with Crippen LogP contribution in [-0.2, 0) is 0 Å². The second kappa shape index (κ2) is 6.54. The molecule has 0 unspecified atom stereocenters. The smallest absolute Gasteiger partial charge is 0.265 e. The van der Waals surface area contributed by atoms with Gasteiger partial charge in [0.2, 0.25) is 0 Å². The largest absolute Gasteiger partial charge is 0.339 e. The van der Waals surface area contributed by atoms with Gasteiger partial charge in [-0.1, -0.05) is 12.1 Å². The van der Waals surface area contributed by atoms with Crippen molar-refractivity contribution in [1.29, 1.82) is 0 Å². The number of amides is 2. The van der Waals surface area contributed by atoms with Crippen molar-refractivity contribution in [3.8, 4) is 0 Å². The number of carbonyl (C=O) groups excluding carboxylic acids is 2. The standard InChI is InChI=1S/C18H20N2O2S/c1-12(13-8-9-13)20(2)18(22)14-5-3-6-15(11-14)19-17(21)16-7-4-10-23-16/h3-7,10-13H,8-9H2,1-2H3,(H,19,21)/t12-/m1/s1. The molecule has 1 aromatic carbocycles. The minimum Gasteiger partial charge on any atom is -0.339 e. The summed E-state index contributed by atoms with van der Waals surface area (Å²) in [6.07, 6.45) is 2.41. The zero-order valence-corrected chi connectivity index (χ0v) is 14.1. The summed E-state index contributed by atoms with van der Waals surface area (Å²) in [5.41, 5.74) is 1.24. The van der Waals surface area contributed by atoms with Crippen LogP contribution in [0.4, 0.5) is 5.69 Å². The minimum absolute atomic E-state index is 0.00313. The second-order valence-electron chi connectivity index (χ2n) is 6.01. The lowest BCUT2D eigenvalue weighted by molar-refractivity contribution is 0.0727. The molecule has 1 saturated carbocycles. The van der Waals surface area contributed by atoms with Gasteiger partial charge in [0.25, 0.3) is 11.8 Å². The van der Waals surface area contributed by atoms with E-state index in [0.29, 0.717) is 22.0 Å². The van der Waals surface area contributed by atoms with Gasteiger partial charge in [0, 0.05) is 24.3 Å². The number of hydrogen-bond donors (Lipinski definition) is 1. The van der Waals surface area contributed by atoms with Crippen LogP contribution in [0.3, 0.4) is 0 Å². The van der Waals surface area contributed by atoms with E-state index in [9.17, 15) is 9.59 Å². The maximum atomic E-state index is 12.6. The van der Waals surface area contributed by atoms with Crippen LogP contribution in [0, 0.1) is 5.92 Å². The Hall–Kier alpha value is -2.14. The molecule has 4 nitrogen and oxygen atoms in total. The molecule has 1 N–H and O–H groups in total. The van der Waals surface area contributed by atoms with Crippen LogP contribution in [0.25, 0.3) is 0 Å². The fraction of sp³-hybridized carbons (Fsp3) is 0.333. The van der Waals surface area contributed by atoms with Crippen molar-refractivity contribution in [2.75, 3.05) is 12.4 Å².